The summed E-state index contributed by atoms with van der Waals surface area (Å²) in [6.45, 7) is 8.16. The average Bonchev–Trinajstić information content (AvgIpc) is 2.79. The van der Waals surface area contributed by atoms with E-state index in [9.17, 15) is 0 Å². The molecule has 4 aromatic rings. The van der Waals surface area contributed by atoms with Crippen LogP contribution in [0.2, 0.25) is 0 Å². The number of aromatic nitrogens is 2. The van der Waals surface area contributed by atoms with Gasteiger partial charge in [-0.3, -0.25) is 9.97 Å². The topological polar surface area (TPSA) is 35.0 Å². The first-order valence-corrected chi connectivity index (χ1v) is 10.8. The van der Waals surface area contributed by atoms with Crippen LogP contribution in [0.4, 0.5) is 0 Å². The predicted octanol–water partition coefficient (Wildman–Crippen LogP) is 7.75. The van der Waals surface area contributed by atoms with Crippen LogP contribution in [-0.2, 0) is 0 Å². The minimum absolute atomic E-state index is 0.809. The van der Waals surface area contributed by atoms with Gasteiger partial charge >= 0.3 is 0 Å². The van der Waals surface area contributed by atoms with Crippen LogP contribution >= 0.6 is 11.8 Å². The Morgan fingerprint density at radius 1 is 0.600 bits per heavy atom. The average molecular weight is 417 g/mol. The third kappa shape index (κ3) is 8.50. The van der Waals surface area contributed by atoms with Crippen LogP contribution < -0.4 is 4.74 Å². The van der Waals surface area contributed by atoms with Crippen molar-refractivity contribution in [1.29, 1.82) is 0 Å². The zero-order chi connectivity index (χ0) is 21.6. The van der Waals surface area contributed by atoms with Gasteiger partial charge in [0.15, 0.2) is 0 Å². The third-order valence-electron chi connectivity index (χ3n) is 3.78. The van der Waals surface area contributed by atoms with Crippen LogP contribution in [0.5, 0.6) is 11.5 Å². The SMILES string of the molecule is CC.Cc1ccc(Oc2ccncc2)cc1.Cc1cccc(Sc2ccncc2)c1. The van der Waals surface area contributed by atoms with Crippen LogP contribution in [-0.4, -0.2) is 9.97 Å². The van der Waals surface area contributed by atoms with E-state index < -0.39 is 0 Å². The zero-order valence-corrected chi connectivity index (χ0v) is 18.8. The number of hydrogen-bond donors (Lipinski definition) is 0. The first-order valence-electron chi connectivity index (χ1n) is 9.98. The molecule has 0 fully saturated rings. The van der Waals surface area contributed by atoms with Crippen LogP contribution in [0.3, 0.4) is 0 Å². The van der Waals surface area contributed by atoms with Crippen LogP contribution in [0.1, 0.15) is 25.0 Å². The Hall–Kier alpha value is -3.11. The fourth-order valence-electron chi connectivity index (χ4n) is 2.37. The van der Waals surface area contributed by atoms with Crippen LogP contribution in [0.15, 0.2) is 107 Å². The van der Waals surface area contributed by atoms with Crippen molar-refractivity contribution in [2.24, 2.45) is 0 Å². The Morgan fingerprint density at radius 3 is 1.77 bits per heavy atom. The molecule has 0 aliphatic rings. The normalized spacial score (nSPS) is 9.47. The third-order valence-corrected chi connectivity index (χ3v) is 4.78. The number of ether oxygens (including phenoxy) is 1. The summed E-state index contributed by atoms with van der Waals surface area (Å²) in [6, 6.07) is 24.2. The Labute approximate surface area is 184 Å². The summed E-state index contributed by atoms with van der Waals surface area (Å²) < 4.78 is 5.59. The molecule has 0 saturated heterocycles. The molecule has 0 radical (unpaired) electrons. The Kier molecular flexibility index (Phi) is 10.2. The molecule has 3 nitrogen and oxygen atoms in total. The van der Waals surface area contributed by atoms with E-state index in [0.29, 0.717) is 0 Å². The quantitative estimate of drug-likeness (QED) is 0.341. The van der Waals surface area contributed by atoms with E-state index in [4.69, 9.17) is 4.74 Å². The van der Waals surface area contributed by atoms with Gasteiger partial charge in [0.05, 0.1) is 0 Å². The highest BCUT2D eigenvalue weighted by molar-refractivity contribution is 7.99. The van der Waals surface area contributed by atoms with Crippen molar-refractivity contribution < 1.29 is 4.74 Å². The fourth-order valence-corrected chi connectivity index (χ4v) is 3.29. The molecule has 0 bridgehead atoms. The van der Waals surface area contributed by atoms with E-state index >= 15 is 0 Å². The van der Waals surface area contributed by atoms with Gasteiger partial charge in [-0.1, -0.05) is 61.0 Å². The molecule has 0 atom stereocenters. The monoisotopic (exact) mass is 416 g/mol. The van der Waals surface area contributed by atoms with Gasteiger partial charge in [-0.05, 0) is 62.4 Å². The molecule has 0 N–H and O–H groups in total. The van der Waals surface area contributed by atoms with Gasteiger partial charge in [0, 0.05) is 34.6 Å². The van der Waals surface area contributed by atoms with E-state index in [1.54, 1.807) is 24.2 Å². The molecule has 2 aromatic heterocycles. The second kappa shape index (κ2) is 13.2. The molecule has 30 heavy (non-hydrogen) atoms. The highest BCUT2D eigenvalue weighted by Gasteiger charge is 1.96. The maximum Gasteiger partial charge on any atom is 0.130 e. The predicted molar refractivity (Wildman–Crippen MR) is 126 cm³/mol. The molecular weight excluding hydrogens is 388 g/mol. The summed E-state index contributed by atoms with van der Waals surface area (Å²) in [5, 5.41) is 0. The number of hydrogen-bond acceptors (Lipinski definition) is 4. The molecule has 0 spiro atoms. The van der Waals surface area contributed by atoms with E-state index in [-0.39, 0.29) is 0 Å². The lowest BCUT2D eigenvalue weighted by atomic mass is 10.2. The van der Waals surface area contributed by atoms with Crippen molar-refractivity contribution in [3.63, 3.8) is 0 Å². The Bertz CT molecular complexity index is 975. The number of pyridine rings is 2. The van der Waals surface area contributed by atoms with Gasteiger partial charge in [-0.2, -0.15) is 0 Å². The lowest BCUT2D eigenvalue weighted by Gasteiger charge is -2.04. The van der Waals surface area contributed by atoms with Gasteiger partial charge in [0.1, 0.15) is 11.5 Å². The highest BCUT2D eigenvalue weighted by Crippen LogP contribution is 2.27. The molecule has 2 aromatic carbocycles. The number of aryl methyl sites for hydroxylation is 2. The smallest absolute Gasteiger partial charge is 0.130 e. The van der Waals surface area contributed by atoms with E-state index in [1.807, 2.05) is 74.8 Å². The van der Waals surface area contributed by atoms with Crippen LogP contribution in [0, 0.1) is 13.8 Å². The molecule has 0 aliphatic carbocycles. The van der Waals surface area contributed by atoms with Crippen molar-refractivity contribution in [2.45, 2.75) is 37.5 Å². The summed E-state index contributed by atoms with van der Waals surface area (Å²) in [5.41, 5.74) is 2.52. The second-order valence-electron chi connectivity index (χ2n) is 6.20. The minimum atomic E-state index is 0.809. The van der Waals surface area contributed by atoms with Crippen molar-refractivity contribution in [3.05, 3.63) is 109 Å². The zero-order valence-electron chi connectivity index (χ0n) is 17.9. The summed E-state index contributed by atoms with van der Waals surface area (Å²) in [5.74, 6) is 1.66. The number of nitrogens with zero attached hydrogens (tertiary/aromatic N) is 2. The number of benzene rings is 2. The lowest BCUT2D eigenvalue weighted by molar-refractivity contribution is 0.482. The molecule has 0 aliphatic heterocycles. The lowest BCUT2D eigenvalue weighted by Crippen LogP contribution is -1.83. The second-order valence-corrected chi connectivity index (χ2v) is 7.35. The summed E-state index contributed by atoms with van der Waals surface area (Å²) in [6.07, 6.45) is 7.06. The van der Waals surface area contributed by atoms with Gasteiger partial charge < -0.3 is 4.74 Å². The van der Waals surface area contributed by atoms with Gasteiger partial charge in [0.25, 0.3) is 0 Å². The first-order chi connectivity index (χ1) is 14.7. The number of rotatable bonds is 4. The molecule has 0 unspecified atom stereocenters. The Balaban J connectivity index is 0.000000197. The van der Waals surface area contributed by atoms with Crippen molar-refractivity contribution >= 4 is 11.8 Å². The fraction of sp³-hybridized carbons (Fsp3) is 0.154. The molecule has 4 heteroatoms. The summed E-state index contributed by atoms with van der Waals surface area (Å²) in [7, 11) is 0. The van der Waals surface area contributed by atoms with Crippen LogP contribution in [0.25, 0.3) is 0 Å². The molecule has 0 amide bonds. The van der Waals surface area contributed by atoms with Gasteiger partial charge in [0.2, 0.25) is 0 Å². The summed E-state index contributed by atoms with van der Waals surface area (Å²) in [4.78, 5) is 10.4. The first kappa shape index (κ1) is 23.2. The van der Waals surface area contributed by atoms with Crippen molar-refractivity contribution in [2.75, 3.05) is 0 Å². The molecule has 0 saturated carbocycles. The van der Waals surface area contributed by atoms with Crippen molar-refractivity contribution in [3.8, 4) is 11.5 Å². The van der Waals surface area contributed by atoms with Gasteiger partial charge in [-0.15, -0.1) is 0 Å². The highest BCUT2D eigenvalue weighted by atomic mass is 32.2. The molecular formula is C26H28N2OS. The molecule has 2 heterocycles. The van der Waals surface area contributed by atoms with E-state index in [0.717, 1.165) is 11.5 Å². The maximum atomic E-state index is 5.59. The van der Waals surface area contributed by atoms with E-state index in [1.165, 1.54) is 20.9 Å². The standard InChI is InChI=1S/C12H11NO.C12H11NS.C2H6/c1-10-2-4-11(5-3-10)14-12-6-8-13-9-7-12;1-10-3-2-4-12(9-10)14-11-5-7-13-8-6-11;1-2/h2*2-9H,1H3;1-2H3. The van der Waals surface area contributed by atoms with Gasteiger partial charge in [-0.25, -0.2) is 0 Å². The minimum Gasteiger partial charge on any atom is -0.457 e. The molecule has 154 valence electrons. The van der Waals surface area contributed by atoms with E-state index in [2.05, 4.69) is 48.1 Å². The molecule has 4 rings (SSSR count). The Morgan fingerprint density at radius 2 is 1.17 bits per heavy atom. The summed E-state index contributed by atoms with van der Waals surface area (Å²) >= 11 is 1.76. The largest absolute Gasteiger partial charge is 0.457 e. The van der Waals surface area contributed by atoms with Crippen molar-refractivity contribution in [1.82, 2.24) is 9.97 Å². The maximum absolute atomic E-state index is 5.59.